The van der Waals surface area contributed by atoms with Gasteiger partial charge in [0.05, 0.1) is 26.4 Å². The highest BCUT2D eigenvalue weighted by Gasteiger charge is 2.03. The summed E-state index contributed by atoms with van der Waals surface area (Å²) in [5.41, 5.74) is 1.30. The Bertz CT molecular complexity index is 410. The fourth-order valence-corrected chi connectivity index (χ4v) is 2.90. The molecule has 1 N–H and O–H groups in total. The third-order valence-electron chi connectivity index (χ3n) is 4.55. The van der Waals surface area contributed by atoms with Crippen LogP contribution in [-0.4, -0.2) is 44.4 Å². The molecule has 1 aromatic carbocycles. The Morgan fingerprint density at radius 1 is 0.741 bits per heavy atom. The van der Waals surface area contributed by atoms with Crippen LogP contribution in [0.4, 0.5) is 0 Å². The highest BCUT2D eigenvalue weighted by atomic mass is 16.6. The van der Waals surface area contributed by atoms with E-state index in [-0.39, 0.29) is 0 Å². The van der Waals surface area contributed by atoms with Crippen LogP contribution in [0.2, 0.25) is 0 Å². The number of hydrogen-bond donors (Lipinski definition) is 1. The van der Waals surface area contributed by atoms with E-state index in [1.54, 1.807) is 0 Å². The van der Waals surface area contributed by atoms with Crippen LogP contribution < -0.4 is 0 Å². The first-order chi connectivity index (χ1) is 13.3. The molecule has 156 valence electrons. The van der Waals surface area contributed by atoms with E-state index in [1.807, 2.05) is 18.2 Å². The molecular formula is C23H40O4. The molecule has 0 aliphatic rings. The highest BCUT2D eigenvalue weighted by Crippen LogP contribution is 2.10. The number of benzene rings is 1. The van der Waals surface area contributed by atoms with Gasteiger partial charge in [-0.3, -0.25) is 0 Å². The van der Waals surface area contributed by atoms with Gasteiger partial charge in [-0.15, -0.1) is 0 Å². The Hall–Kier alpha value is -0.940. The molecule has 1 atom stereocenters. The van der Waals surface area contributed by atoms with Crippen molar-refractivity contribution in [2.24, 2.45) is 0 Å². The lowest BCUT2D eigenvalue weighted by Crippen LogP contribution is -2.14. The molecule has 0 aliphatic heterocycles. The van der Waals surface area contributed by atoms with E-state index in [1.165, 1.54) is 44.1 Å². The molecule has 4 nitrogen and oxygen atoms in total. The molecule has 0 radical (unpaired) electrons. The minimum atomic E-state index is -0.623. The van der Waals surface area contributed by atoms with E-state index in [9.17, 15) is 5.11 Å². The van der Waals surface area contributed by atoms with E-state index < -0.39 is 6.29 Å². The van der Waals surface area contributed by atoms with Gasteiger partial charge in [-0.05, 0) is 31.2 Å². The van der Waals surface area contributed by atoms with Gasteiger partial charge in [0, 0.05) is 6.61 Å². The van der Waals surface area contributed by atoms with Crippen LogP contribution in [0.25, 0.3) is 0 Å². The molecule has 0 saturated heterocycles. The van der Waals surface area contributed by atoms with Gasteiger partial charge >= 0.3 is 0 Å². The second kappa shape index (κ2) is 18.4. The van der Waals surface area contributed by atoms with E-state index in [2.05, 4.69) is 19.1 Å². The van der Waals surface area contributed by atoms with Crippen LogP contribution in [0.1, 0.15) is 70.3 Å². The zero-order chi connectivity index (χ0) is 19.4. The molecule has 0 aromatic heterocycles. The Balaban J connectivity index is 1.76. The van der Waals surface area contributed by atoms with Crippen LogP contribution in [0.5, 0.6) is 0 Å². The standard InChI is InChI=1S/C23H40O4/c1-2-3-4-5-6-7-11-15-23(24)27-18-12-17-25-20-21-26-19-16-22-13-9-8-10-14-22/h8-10,13-14,23-24H,2-7,11-12,15-21H2,1H3. The summed E-state index contributed by atoms with van der Waals surface area (Å²) in [6, 6.07) is 10.3. The van der Waals surface area contributed by atoms with E-state index in [4.69, 9.17) is 14.2 Å². The first kappa shape index (κ1) is 24.1. The fraction of sp³-hybridized carbons (Fsp3) is 0.739. The van der Waals surface area contributed by atoms with Crippen molar-refractivity contribution in [3.8, 4) is 0 Å². The number of ether oxygens (including phenoxy) is 3. The SMILES string of the molecule is CCCCCCCCCC(O)OCCCOCCOCCc1ccccc1. The lowest BCUT2D eigenvalue weighted by molar-refractivity contribution is -0.108. The average Bonchev–Trinajstić information content (AvgIpc) is 2.69. The van der Waals surface area contributed by atoms with Gasteiger partial charge in [-0.2, -0.15) is 0 Å². The van der Waals surface area contributed by atoms with Gasteiger partial charge < -0.3 is 19.3 Å². The third kappa shape index (κ3) is 15.8. The summed E-state index contributed by atoms with van der Waals surface area (Å²) in [6.07, 6.45) is 10.7. The van der Waals surface area contributed by atoms with Crippen molar-refractivity contribution in [1.82, 2.24) is 0 Å². The van der Waals surface area contributed by atoms with Crippen molar-refractivity contribution in [2.45, 2.75) is 77.4 Å². The molecule has 0 bridgehead atoms. The minimum Gasteiger partial charge on any atom is -0.379 e. The lowest BCUT2D eigenvalue weighted by Gasteiger charge is -2.12. The van der Waals surface area contributed by atoms with Gasteiger partial charge in [-0.25, -0.2) is 0 Å². The van der Waals surface area contributed by atoms with Crippen LogP contribution >= 0.6 is 0 Å². The molecule has 0 fully saturated rings. The summed E-state index contributed by atoms with van der Waals surface area (Å²) in [4.78, 5) is 0. The quantitative estimate of drug-likeness (QED) is 0.267. The number of unbranched alkanes of at least 4 members (excludes halogenated alkanes) is 6. The Morgan fingerprint density at radius 3 is 2.15 bits per heavy atom. The molecular weight excluding hydrogens is 340 g/mol. The molecule has 1 aromatic rings. The van der Waals surface area contributed by atoms with Gasteiger partial charge in [-0.1, -0.05) is 75.8 Å². The molecule has 1 rings (SSSR count). The highest BCUT2D eigenvalue weighted by molar-refractivity contribution is 5.14. The molecule has 0 saturated carbocycles. The summed E-state index contributed by atoms with van der Waals surface area (Å²) in [5.74, 6) is 0. The van der Waals surface area contributed by atoms with Crippen LogP contribution in [0.15, 0.2) is 30.3 Å². The number of aliphatic hydroxyl groups excluding tert-OH is 1. The summed E-state index contributed by atoms with van der Waals surface area (Å²) in [7, 11) is 0. The molecule has 1 unspecified atom stereocenters. The fourth-order valence-electron chi connectivity index (χ4n) is 2.90. The van der Waals surface area contributed by atoms with Crippen molar-refractivity contribution >= 4 is 0 Å². The normalized spacial score (nSPS) is 12.4. The lowest BCUT2D eigenvalue weighted by atomic mass is 10.1. The Labute approximate surface area is 166 Å². The average molecular weight is 381 g/mol. The first-order valence-electron chi connectivity index (χ1n) is 10.8. The number of hydrogen-bond acceptors (Lipinski definition) is 4. The van der Waals surface area contributed by atoms with Crippen LogP contribution in [-0.2, 0) is 20.6 Å². The minimum absolute atomic E-state index is 0.548. The summed E-state index contributed by atoms with van der Waals surface area (Å²) in [6.45, 7) is 5.38. The van der Waals surface area contributed by atoms with Gasteiger partial charge in [0.2, 0.25) is 0 Å². The van der Waals surface area contributed by atoms with E-state index in [0.29, 0.717) is 26.4 Å². The van der Waals surface area contributed by atoms with Crippen molar-refractivity contribution < 1.29 is 19.3 Å². The zero-order valence-corrected chi connectivity index (χ0v) is 17.2. The zero-order valence-electron chi connectivity index (χ0n) is 17.2. The number of aliphatic hydroxyl groups is 1. The summed E-state index contributed by atoms with van der Waals surface area (Å²) < 4.78 is 16.5. The van der Waals surface area contributed by atoms with Crippen molar-refractivity contribution in [2.75, 3.05) is 33.0 Å². The van der Waals surface area contributed by atoms with Gasteiger partial charge in [0.15, 0.2) is 6.29 Å². The van der Waals surface area contributed by atoms with Crippen LogP contribution in [0, 0.1) is 0 Å². The molecule has 4 heteroatoms. The van der Waals surface area contributed by atoms with E-state index >= 15 is 0 Å². The number of rotatable bonds is 19. The van der Waals surface area contributed by atoms with E-state index in [0.717, 1.165) is 32.3 Å². The molecule has 0 aliphatic carbocycles. The molecule has 0 heterocycles. The first-order valence-corrected chi connectivity index (χ1v) is 10.8. The third-order valence-corrected chi connectivity index (χ3v) is 4.55. The Kier molecular flexibility index (Phi) is 16.4. The summed E-state index contributed by atoms with van der Waals surface area (Å²) >= 11 is 0. The monoisotopic (exact) mass is 380 g/mol. The van der Waals surface area contributed by atoms with Crippen molar-refractivity contribution in [3.63, 3.8) is 0 Å². The maximum absolute atomic E-state index is 9.80. The smallest absolute Gasteiger partial charge is 0.154 e. The molecule has 0 spiro atoms. The topological polar surface area (TPSA) is 47.9 Å². The van der Waals surface area contributed by atoms with Gasteiger partial charge in [0.1, 0.15) is 0 Å². The largest absolute Gasteiger partial charge is 0.379 e. The van der Waals surface area contributed by atoms with Crippen molar-refractivity contribution in [1.29, 1.82) is 0 Å². The van der Waals surface area contributed by atoms with Gasteiger partial charge in [0.25, 0.3) is 0 Å². The second-order valence-electron chi connectivity index (χ2n) is 7.05. The molecule has 0 amide bonds. The second-order valence-corrected chi connectivity index (χ2v) is 7.05. The van der Waals surface area contributed by atoms with Crippen molar-refractivity contribution in [3.05, 3.63) is 35.9 Å². The van der Waals surface area contributed by atoms with Crippen LogP contribution in [0.3, 0.4) is 0 Å². The maximum Gasteiger partial charge on any atom is 0.154 e. The summed E-state index contributed by atoms with van der Waals surface area (Å²) in [5, 5.41) is 9.80. The maximum atomic E-state index is 9.80. The predicted molar refractivity (Wildman–Crippen MR) is 111 cm³/mol. The predicted octanol–water partition coefficient (Wildman–Crippen LogP) is 5.13. The molecule has 27 heavy (non-hydrogen) atoms. The Morgan fingerprint density at radius 2 is 1.41 bits per heavy atom.